The van der Waals surface area contributed by atoms with Gasteiger partial charge in [-0.15, -0.1) is 0 Å². The molecule has 0 amide bonds. The topological polar surface area (TPSA) is 29.9 Å². The predicted molar refractivity (Wildman–Crippen MR) is 75.9 cm³/mol. The Labute approximate surface area is 111 Å². The lowest BCUT2D eigenvalue weighted by Gasteiger charge is -2.13. The molecule has 0 saturated heterocycles. The standard InChI is InChI=1S/C15H27N3/c1-16-11-7-10-15-14(12-18(2)17-15)13-8-5-3-4-6-9-13/h12-13,16H,3-11H2,1-2H3. The normalized spacial score (nSPS) is 17.9. The van der Waals surface area contributed by atoms with Crippen LogP contribution in [-0.2, 0) is 13.5 Å². The summed E-state index contributed by atoms with van der Waals surface area (Å²) in [5.74, 6) is 0.769. The summed E-state index contributed by atoms with van der Waals surface area (Å²) in [6.07, 6.45) is 12.9. The molecular formula is C15H27N3. The van der Waals surface area contributed by atoms with Gasteiger partial charge in [-0.1, -0.05) is 25.7 Å². The Morgan fingerprint density at radius 1 is 1.28 bits per heavy atom. The van der Waals surface area contributed by atoms with E-state index in [9.17, 15) is 0 Å². The number of hydrogen-bond donors (Lipinski definition) is 1. The van der Waals surface area contributed by atoms with E-state index in [1.54, 1.807) is 0 Å². The monoisotopic (exact) mass is 249 g/mol. The van der Waals surface area contributed by atoms with Gasteiger partial charge in [-0.25, -0.2) is 0 Å². The average molecular weight is 249 g/mol. The zero-order valence-electron chi connectivity index (χ0n) is 11.9. The second-order valence-corrected chi connectivity index (χ2v) is 5.60. The van der Waals surface area contributed by atoms with Crippen LogP contribution in [0.2, 0.25) is 0 Å². The van der Waals surface area contributed by atoms with E-state index in [0.29, 0.717) is 0 Å². The third-order valence-electron chi connectivity index (χ3n) is 4.07. The molecule has 0 bridgehead atoms. The van der Waals surface area contributed by atoms with E-state index < -0.39 is 0 Å². The van der Waals surface area contributed by atoms with Gasteiger partial charge in [0.2, 0.25) is 0 Å². The predicted octanol–water partition coefficient (Wildman–Crippen LogP) is 3.01. The largest absolute Gasteiger partial charge is 0.320 e. The van der Waals surface area contributed by atoms with E-state index in [4.69, 9.17) is 0 Å². The third-order valence-corrected chi connectivity index (χ3v) is 4.07. The van der Waals surface area contributed by atoms with Crippen molar-refractivity contribution < 1.29 is 0 Å². The lowest BCUT2D eigenvalue weighted by atomic mass is 9.91. The first-order chi connectivity index (χ1) is 8.81. The first-order valence-corrected chi connectivity index (χ1v) is 7.48. The molecule has 1 fully saturated rings. The Morgan fingerprint density at radius 3 is 2.67 bits per heavy atom. The molecule has 1 N–H and O–H groups in total. The smallest absolute Gasteiger partial charge is 0.0659 e. The van der Waals surface area contributed by atoms with Crippen LogP contribution in [0, 0.1) is 0 Å². The molecule has 3 nitrogen and oxygen atoms in total. The zero-order chi connectivity index (χ0) is 12.8. The van der Waals surface area contributed by atoms with Gasteiger partial charge in [0.25, 0.3) is 0 Å². The molecule has 0 atom stereocenters. The summed E-state index contributed by atoms with van der Waals surface area (Å²) >= 11 is 0. The summed E-state index contributed by atoms with van der Waals surface area (Å²) in [4.78, 5) is 0. The summed E-state index contributed by atoms with van der Waals surface area (Å²) in [6, 6.07) is 0. The molecule has 1 aromatic rings. The van der Waals surface area contributed by atoms with E-state index in [-0.39, 0.29) is 0 Å². The minimum absolute atomic E-state index is 0.769. The maximum Gasteiger partial charge on any atom is 0.0659 e. The second kappa shape index (κ2) is 6.93. The molecular weight excluding hydrogens is 222 g/mol. The fourth-order valence-corrected chi connectivity index (χ4v) is 3.11. The van der Waals surface area contributed by atoms with Crippen LogP contribution >= 0.6 is 0 Å². The van der Waals surface area contributed by atoms with Crippen molar-refractivity contribution in [2.75, 3.05) is 13.6 Å². The summed E-state index contributed by atoms with van der Waals surface area (Å²) < 4.78 is 2.01. The number of nitrogens with one attached hydrogen (secondary N) is 1. The maximum atomic E-state index is 4.68. The number of aryl methyl sites for hydroxylation is 2. The molecule has 18 heavy (non-hydrogen) atoms. The molecule has 0 unspecified atom stereocenters. The SMILES string of the molecule is CNCCCc1nn(C)cc1C1CCCCCC1. The van der Waals surface area contributed by atoms with E-state index in [2.05, 4.69) is 23.7 Å². The van der Waals surface area contributed by atoms with Crippen molar-refractivity contribution in [2.45, 2.75) is 57.3 Å². The average Bonchev–Trinajstić information content (AvgIpc) is 2.58. The molecule has 1 heterocycles. The van der Waals surface area contributed by atoms with Crippen molar-refractivity contribution in [3.05, 3.63) is 17.5 Å². The minimum atomic E-state index is 0.769. The van der Waals surface area contributed by atoms with Crippen LogP contribution in [0.5, 0.6) is 0 Å². The maximum absolute atomic E-state index is 4.68. The fourth-order valence-electron chi connectivity index (χ4n) is 3.11. The molecule has 1 saturated carbocycles. The van der Waals surface area contributed by atoms with E-state index in [1.165, 1.54) is 56.2 Å². The van der Waals surface area contributed by atoms with Gasteiger partial charge in [-0.05, 0) is 50.8 Å². The van der Waals surface area contributed by atoms with Gasteiger partial charge in [-0.2, -0.15) is 5.10 Å². The van der Waals surface area contributed by atoms with Crippen LogP contribution in [-0.4, -0.2) is 23.4 Å². The molecule has 0 aliphatic heterocycles. The van der Waals surface area contributed by atoms with E-state index in [1.807, 2.05) is 11.7 Å². The van der Waals surface area contributed by atoms with Crippen molar-refractivity contribution >= 4 is 0 Å². The molecule has 1 aromatic heterocycles. The van der Waals surface area contributed by atoms with Crippen LogP contribution < -0.4 is 5.32 Å². The summed E-state index contributed by atoms with van der Waals surface area (Å²) in [7, 11) is 4.08. The highest BCUT2D eigenvalue weighted by Crippen LogP contribution is 2.33. The Morgan fingerprint density at radius 2 is 2.00 bits per heavy atom. The third kappa shape index (κ3) is 3.58. The Balaban J connectivity index is 2.04. The molecule has 1 aliphatic carbocycles. The summed E-state index contributed by atoms with van der Waals surface area (Å²) in [5, 5.41) is 7.90. The van der Waals surface area contributed by atoms with Crippen molar-refractivity contribution in [3.8, 4) is 0 Å². The Bertz CT molecular complexity index is 349. The lowest BCUT2D eigenvalue weighted by Crippen LogP contribution is -2.09. The first-order valence-electron chi connectivity index (χ1n) is 7.48. The van der Waals surface area contributed by atoms with Crippen molar-refractivity contribution in [1.29, 1.82) is 0 Å². The minimum Gasteiger partial charge on any atom is -0.320 e. The van der Waals surface area contributed by atoms with Gasteiger partial charge < -0.3 is 5.32 Å². The molecule has 1 aliphatic rings. The van der Waals surface area contributed by atoms with Gasteiger partial charge in [0.15, 0.2) is 0 Å². The van der Waals surface area contributed by atoms with Crippen LogP contribution in [0.25, 0.3) is 0 Å². The molecule has 0 aromatic carbocycles. The Hall–Kier alpha value is -0.830. The van der Waals surface area contributed by atoms with Gasteiger partial charge in [0.1, 0.15) is 0 Å². The van der Waals surface area contributed by atoms with Crippen LogP contribution in [0.4, 0.5) is 0 Å². The van der Waals surface area contributed by atoms with Crippen molar-refractivity contribution in [2.24, 2.45) is 7.05 Å². The number of rotatable bonds is 5. The number of aromatic nitrogens is 2. The van der Waals surface area contributed by atoms with Crippen LogP contribution in [0.1, 0.15) is 62.1 Å². The highest BCUT2D eigenvalue weighted by atomic mass is 15.2. The summed E-state index contributed by atoms with van der Waals surface area (Å²) in [6.45, 7) is 1.08. The quantitative estimate of drug-likeness (QED) is 0.642. The highest BCUT2D eigenvalue weighted by Gasteiger charge is 2.19. The Kier molecular flexibility index (Phi) is 5.24. The molecule has 0 spiro atoms. The van der Waals surface area contributed by atoms with Crippen molar-refractivity contribution in [1.82, 2.24) is 15.1 Å². The molecule has 3 heteroatoms. The van der Waals surface area contributed by atoms with Crippen LogP contribution in [0.15, 0.2) is 6.20 Å². The highest BCUT2D eigenvalue weighted by molar-refractivity contribution is 5.22. The van der Waals surface area contributed by atoms with Crippen molar-refractivity contribution in [3.63, 3.8) is 0 Å². The van der Waals surface area contributed by atoms with Gasteiger partial charge in [-0.3, -0.25) is 4.68 Å². The first kappa shape index (κ1) is 13.6. The second-order valence-electron chi connectivity index (χ2n) is 5.60. The molecule has 0 radical (unpaired) electrons. The van der Waals surface area contributed by atoms with Crippen LogP contribution in [0.3, 0.4) is 0 Å². The summed E-state index contributed by atoms with van der Waals surface area (Å²) in [5.41, 5.74) is 2.88. The van der Waals surface area contributed by atoms with Gasteiger partial charge >= 0.3 is 0 Å². The zero-order valence-corrected chi connectivity index (χ0v) is 11.9. The fraction of sp³-hybridized carbons (Fsp3) is 0.800. The van der Waals surface area contributed by atoms with Gasteiger partial charge in [0.05, 0.1) is 5.69 Å². The number of hydrogen-bond acceptors (Lipinski definition) is 2. The lowest BCUT2D eigenvalue weighted by molar-refractivity contribution is 0.584. The van der Waals surface area contributed by atoms with E-state index in [0.717, 1.165) is 18.9 Å². The molecule has 2 rings (SSSR count). The molecule has 102 valence electrons. The number of nitrogens with zero attached hydrogens (tertiary/aromatic N) is 2. The van der Waals surface area contributed by atoms with Gasteiger partial charge in [0, 0.05) is 13.2 Å². The van der Waals surface area contributed by atoms with E-state index >= 15 is 0 Å².